The highest BCUT2D eigenvalue weighted by atomic mass is 79.9. The maximum Gasteiger partial charge on any atom is 0.165 e. The molecular formula is C14H16BrClN4O. The molecule has 0 amide bonds. The van der Waals surface area contributed by atoms with E-state index in [4.69, 9.17) is 17.3 Å². The van der Waals surface area contributed by atoms with Crippen LogP contribution in [-0.2, 0) is 0 Å². The maximum atomic E-state index is 9.91. The molecule has 0 bridgehead atoms. The Kier molecular flexibility index (Phi) is 5.39. The van der Waals surface area contributed by atoms with E-state index in [2.05, 4.69) is 31.2 Å². The Morgan fingerprint density at radius 1 is 1.48 bits per heavy atom. The van der Waals surface area contributed by atoms with Gasteiger partial charge in [-0.2, -0.15) is 0 Å². The van der Waals surface area contributed by atoms with Crippen molar-refractivity contribution in [2.75, 3.05) is 11.9 Å². The van der Waals surface area contributed by atoms with Crippen molar-refractivity contribution in [1.29, 1.82) is 0 Å². The van der Waals surface area contributed by atoms with Crippen molar-refractivity contribution >= 4 is 33.3 Å². The average molecular weight is 372 g/mol. The molecule has 112 valence electrons. The van der Waals surface area contributed by atoms with Gasteiger partial charge in [-0.05, 0) is 40.5 Å². The molecule has 7 heteroatoms. The fraction of sp³-hybridized carbons (Fsp3) is 0.286. The Morgan fingerprint density at radius 3 is 2.95 bits per heavy atom. The molecule has 1 heterocycles. The summed E-state index contributed by atoms with van der Waals surface area (Å²) in [4.78, 5) is 8.62. The Hall–Kier alpha value is -1.37. The predicted octanol–water partition coefficient (Wildman–Crippen LogP) is 3.41. The molecule has 0 saturated heterocycles. The van der Waals surface area contributed by atoms with Gasteiger partial charge < -0.3 is 16.2 Å². The van der Waals surface area contributed by atoms with Crippen LogP contribution in [0.5, 0.6) is 5.75 Å². The average Bonchev–Trinajstić information content (AvgIpc) is 2.48. The first-order valence-electron chi connectivity index (χ1n) is 6.52. The van der Waals surface area contributed by atoms with Crippen molar-refractivity contribution in [2.24, 2.45) is 5.73 Å². The normalized spacial score (nSPS) is 12.2. The molecule has 4 N–H and O–H groups in total. The number of rotatable bonds is 5. The second kappa shape index (κ2) is 7.06. The standard InChI is InChI=1S/C14H16BrClN4O/c1-2-9(17)6-18-14-11(15)7-19-13(20-14)10-5-8(16)3-4-12(10)21/h3-5,7,9,21H,2,6,17H2,1H3,(H,18,19,20)/t9-/m1/s1. The lowest BCUT2D eigenvalue weighted by molar-refractivity contribution is 0.477. The van der Waals surface area contributed by atoms with Gasteiger partial charge in [0.05, 0.1) is 10.0 Å². The molecule has 0 spiro atoms. The Morgan fingerprint density at radius 2 is 2.24 bits per heavy atom. The van der Waals surface area contributed by atoms with Gasteiger partial charge in [0.15, 0.2) is 5.82 Å². The lowest BCUT2D eigenvalue weighted by Crippen LogP contribution is -2.28. The van der Waals surface area contributed by atoms with Crippen LogP contribution in [0.4, 0.5) is 5.82 Å². The first-order valence-corrected chi connectivity index (χ1v) is 7.69. The van der Waals surface area contributed by atoms with Gasteiger partial charge >= 0.3 is 0 Å². The molecule has 2 aromatic rings. The van der Waals surface area contributed by atoms with Gasteiger partial charge in [-0.3, -0.25) is 0 Å². The number of phenolic OH excluding ortho intramolecular Hbond substituents is 1. The van der Waals surface area contributed by atoms with E-state index in [-0.39, 0.29) is 11.8 Å². The fourth-order valence-corrected chi connectivity index (χ4v) is 2.18. The van der Waals surface area contributed by atoms with Crippen molar-refractivity contribution in [1.82, 2.24) is 9.97 Å². The number of hydrogen-bond acceptors (Lipinski definition) is 5. The van der Waals surface area contributed by atoms with Crippen molar-refractivity contribution in [2.45, 2.75) is 19.4 Å². The predicted molar refractivity (Wildman–Crippen MR) is 88.6 cm³/mol. The molecule has 1 aromatic carbocycles. The van der Waals surface area contributed by atoms with Gasteiger partial charge in [0.1, 0.15) is 11.6 Å². The number of nitrogens with zero attached hydrogens (tertiary/aromatic N) is 2. The number of aromatic nitrogens is 2. The molecule has 0 radical (unpaired) electrons. The van der Waals surface area contributed by atoms with Crippen LogP contribution in [-0.4, -0.2) is 27.7 Å². The summed E-state index contributed by atoms with van der Waals surface area (Å²) >= 11 is 9.34. The van der Waals surface area contributed by atoms with E-state index >= 15 is 0 Å². The molecule has 0 fully saturated rings. The zero-order chi connectivity index (χ0) is 15.4. The van der Waals surface area contributed by atoms with Gasteiger partial charge in [0.2, 0.25) is 0 Å². The van der Waals surface area contributed by atoms with Crippen LogP contribution >= 0.6 is 27.5 Å². The molecule has 0 aliphatic carbocycles. The highest BCUT2D eigenvalue weighted by Gasteiger charge is 2.12. The monoisotopic (exact) mass is 370 g/mol. The van der Waals surface area contributed by atoms with Crippen LogP contribution in [0.2, 0.25) is 5.02 Å². The quantitative estimate of drug-likeness (QED) is 0.750. The molecule has 2 rings (SSSR count). The second-order valence-electron chi connectivity index (χ2n) is 4.60. The third kappa shape index (κ3) is 4.06. The fourth-order valence-electron chi connectivity index (χ4n) is 1.68. The van der Waals surface area contributed by atoms with Crippen molar-refractivity contribution in [3.05, 3.63) is 33.9 Å². The minimum Gasteiger partial charge on any atom is -0.507 e. The number of phenols is 1. The van der Waals surface area contributed by atoms with Gasteiger partial charge in [-0.25, -0.2) is 9.97 Å². The van der Waals surface area contributed by atoms with Crippen LogP contribution in [0.15, 0.2) is 28.9 Å². The van der Waals surface area contributed by atoms with Crippen LogP contribution in [0.25, 0.3) is 11.4 Å². The van der Waals surface area contributed by atoms with Crippen LogP contribution in [0, 0.1) is 0 Å². The highest BCUT2D eigenvalue weighted by Crippen LogP contribution is 2.31. The Bertz CT molecular complexity index is 638. The van der Waals surface area contributed by atoms with Crippen molar-refractivity contribution in [3.63, 3.8) is 0 Å². The SMILES string of the molecule is CC[C@@H](N)CNc1nc(-c2cc(Cl)ccc2O)ncc1Br. The summed E-state index contributed by atoms with van der Waals surface area (Å²) < 4.78 is 0.732. The minimum absolute atomic E-state index is 0.0508. The molecule has 21 heavy (non-hydrogen) atoms. The molecule has 0 unspecified atom stereocenters. The number of aromatic hydroxyl groups is 1. The van der Waals surface area contributed by atoms with E-state index in [1.54, 1.807) is 18.3 Å². The molecule has 1 aromatic heterocycles. The van der Waals surface area contributed by atoms with E-state index in [0.29, 0.717) is 28.8 Å². The van der Waals surface area contributed by atoms with Gasteiger partial charge in [0.25, 0.3) is 0 Å². The topological polar surface area (TPSA) is 84.1 Å². The lowest BCUT2D eigenvalue weighted by Gasteiger charge is -2.13. The van der Waals surface area contributed by atoms with E-state index < -0.39 is 0 Å². The van der Waals surface area contributed by atoms with E-state index in [9.17, 15) is 5.11 Å². The number of hydrogen-bond donors (Lipinski definition) is 3. The van der Waals surface area contributed by atoms with Crippen molar-refractivity contribution < 1.29 is 5.11 Å². The molecule has 1 atom stereocenters. The van der Waals surface area contributed by atoms with Crippen LogP contribution in [0.3, 0.4) is 0 Å². The summed E-state index contributed by atoms with van der Waals surface area (Å²) in [7, 11) is 0. The smallest absolute Gasteiger partial charge is 0.165 e. The third-order valence-corrected chi connectivity index (χ3v) is 3.82. The van der Waals surface area contributed by atoms with E-state index in [1.807, 2.05) is 6.92 Å². The summed E-state index contributed by atoms with van der Waals surface area (Å²) in [6, 6.07) is 4.80. The second-order valence-corrected chi connectivity index (χ2v) is 5.89. The van der Waals surface area contributed by atoms with Gasteiger partial charge in [-0.15, -0.1) is 0 Å². The largest absolute Gasteiger partial charge is 0.507 e. The van der Waals surface area contributed by atoms with E-state index in [1.165, 1.54) is 6.07 Å². The van der Waals surface area contributed by atoms with Gasteiger partial charge in [-0.1, -0.05) is 18.5 Å². The third-order valence-electron chi connectivity index (χ3n) is 3.00. The number of nitrogens with two attached hydrogens (primary N) is 1. The lowest BCUT2D eigenvalue weighted by atomic mass is 10.2. The van der Waals surface area contributed by atoms with Crippen molar-refractivity contribution in [3.8, 4) is 17.1 Å². The zero-order valence-corrected chi connectivity index (χ0v) is 13.8. The number of anilines is 1. The molecule has 0 aliphatic rings. The number of benzene rings is 1. The van der Waals surface area contributed by atoms with Crippen LogP contribution in [0.1, 0.15) is 13.3 Å². The Balaban J connectivity index is 2.31. The molecular weight excluding hydrogens is 356 g/mol. The van der Waals surface area contributed by atoms with Gasteiger partial charge in [0, 0.05) is 23.8 Å². The van der Waals surface area contributed by atoms with Crippen LogP contribution < -0.4 is 11.1 Å². The highest BCUT2D eigenvalue weighted by molar-refractivity contribution is 9.10. The first kappa shape index (κ1) is 16.0. The summed E-state index contributed by atoms with van der Waals surface area (Å²) in [6.07, 6.45) is 2.50. The zero-order valence-electron chi connectivity index (χ0n) is 11.5. The maximum absolute atomic E-state index is 9.91. The summed E-state index contributed by atoms with van der Waals surface area (Å²) in [5.41, 5.74) is 6.37. The van der Waals surface area contributed by atoms with E-state index in [0.717, 1.165) is 10.9 Å². The molecule has 0 saturated carbocycles. The number of nitrogens with one attached hydrogen (secondary N) is 1. The first-order chi connectivity index (χ1) is 10.0. The Labute approximate surface area is 136 Å². The summed E-state index contributed by atoms with van der Waals surface area (Å²) in [5, 5.41) is 13.6. The minimum atomic E-state index is 0.0508. The summed E-state index contributed by atoms with van der Waals surface area (Å²) in [6.45, 7) is 2.63. The number of halogens is 2. The molecule has 5 nitrogen and oxygen atoms in total. The summed E-state index contributed by atoms with van der Waals surface area (Å²) in [5.74, 6) is 1.10. The molecule has 0 aliphatic heterocycles.